The number of rotatable bonds is 7. The van der Waals surface area contributed by atoms with Crippen molar-refractivity contribution in [3.8, 4) is 23.8 Å². The van der Waals surface area contributed by atoms with E-state index < -0.39 is 5.92 Å². The van der Waals surface area contributed by atoms with Crippen LogP contribution in [0.1, 0.15) is 64.9 Å². The van der Waals surface area contributed by atoms with Crippen molar-refractivity contribution in [2.45, 2.75) is 59.3 Å². The zero-order valence-corrected chi connectivity index (χ0v) is 23.4. The molecule has 198 valence electrons. The molecule has 0 saturated heterocycles. The van der Waals surface area contributed by atoms with Gasteiger partial charge in [0.2, 0.25) is 0 Å². The summed E-state index contributed by atoms with van der Waals surface area (Å²) in [6, 6.07) is 3.60. The summed E-state index contributed by atoms with van der Waals surface area (Å²) in [5.74, 6) is 2.80. The van der Waals surface area contributed by atoms with E-state index in [1.807, 2.05) is 6.07 Å². The van der Waals surface area contributed by atoms with Crippen LogP contribution in [0.4, 0.5) is 0 Å². The molecule has 6 nitrogen and oxygen atoms in total. The number of allylic oxidation sites excluding steroid dienone is 4. The molecule has 0 spiro atoms. The minimum atomic E-state index is -0.524. The van der Waals surface area contributed by atoms with Crippen molar-refractivity contribution in [1.29, 1.82) is 0 Å². The Morgan fingerprint density at radius 2 is 1.57 bits per heavy atom. The van der Waals surface area contributed by atoms with E-state index in [2.05, 4.69) is 38.5 Å². The third-order valence-electron chi connectivity index (χ3n) is 7.43. The molecule has 0 N–H and O–H groups in total. The number of ketones is 2. The molecule has 0 bridgehead atoms. The van der Waals surface area contributed by atoms with Gasteiger partial charge in [-0.15, -0.1) is 6.42 Å². The van der Waals surface area contributed by atoms with Gasteiger partial charge in [0.15, 0.2) is 23.1 Å². The standard InChI is InChI=1S/C30H36ClNO5/c1-8-10-37-28-19(31)12-18(13-24(28)36-7)25-26-20(14-29(2,3)16-22(26)33)32(9-11-35-6)21-15-30(4,5)17-23(34)27(21)25/h1,12-13,25H,9-11,14-17H2,2-7H3. The number of methoxy groups -OCH3 is 2. The molecule has 3 aliphatic rings. The van der Waals surface area contributed by atoms with Crippen LogP contribution < -0.4 is 9.47 Å². The summed E-state index contributed by atoms with van der Waals surface area (Å²) in [7, 11) is 3.20. The van der Waals surface area contributed by atoms with Gasteiger partial charge in [0.1, 0.15) is 6.61 Å². The summed E-state index contributed by atoms with van der Waals surface area (Å²) in [6.07, 6.45) is 7.66. The van der Waals surface area contributed by atoms with Crippen molar-refractivity contribution >= 4 is 23.2 Å². The second kappa shape index (κ2) is 10.2. The molecule has 0 unspecified atom stereocenters. The van der Waals surface area contributed by atoms with E-state index in [1.165, 1.54) is 7.11 Å². The molecule has 7 heteroatoms. The molecule has 0 aromatic heterocycles. The minimum Gasteiger partial charge on any atom is -0.493 e. The molecule has 37 heavy (non-hydrogen) atoms. The van der Waals surface area contributed by atoms with Crippen molar-refractivity contribution < 1.29 is 23.8 Å². The van der Waals surface area contributed by atoms with Crippen LogP contribution in [0, 0.1) is 23.2 Å². The van der Waals surface area contributed by atoms with E-state index in [0.717, 1.165) is 29.8 Å². The van der Waals surface area contributed by atoms with Crippen LogP contribution in [0.15, 0.2) is 34.7 Å². The predicted octanol–water partition coefficient (Wildman–Crippen LogP) is 5.69. The normalized spacial score (nSPS) is 21.0. The average Bonchev–Trinajstić information content (AvgIpc) is 2.79. The first-order valence-electron chi connectivity index (χ1n) is 12.7. The van der Waals surface area contributed by atoms with Gasteiger partial charge in [-0.05, 0) is 41.4 Å². The fourth-order valence-corrected chi connectivity index (χ4v) is 6.27. The fraction of sp³-hybridized carbons (Fsp3) is 0.533. The van der Waals surface area contributed by atoms with E-state index in [1.54, 1.807) is 13.2 Å². The van der Waals surface area contributed by atoms with Gasteiger partial charge in [-0.1, -0.05) is 45.2 Å². The third-order valence-corrected chi connectivity index (χ3v) is 7.71. The number of nitrogens with zero attached hydrogens (tertiary/aromatic N) is 1. The molecule has 0 amide bonds. The number of benzene rings is 1. The molecule has 0 radical (unpaired) electrons. The van der Waals surface area contributed by atoms with Crippen molar-refractivity contribution in [3.05, 3.63) is 45.3 Å². The number of Topliss-reactive ketones (excluding diaryl/α,β-unsaturated/α-hetero) is 2. The topological polar surface area (TPSA) is 65.1 Å². The van der Waals surface area contributed by atoms with Gasteiger partial charge in [0, 0.05) is 55.0 Å². The van der Waals surface area contributed by atoms with E-state index >= 15 is 0 Å². The van der Waals surface area contributed by atoms with Crippen molar-refractivity contribution in [3.63, 3.8) is 0 Å². The van der Waals surface area contributed by atoms with Crippen LogP contribution in [0.2, 0.25) is 5.02 Å². The van der Waals surface area contributed by atoms with Gasteiger partial charge < -0.3 is 19.1 Å². The minimum absolute atomic E-state index is 0.0407. The Labute approximate surface area is 225 Å². The predicted molar refractivity (Wildman–Crippen MR) is 144 cm³/mol. The van der Waals surface area contributed by atoms with Crippen LogP contribution in [0.3, 0.4) is 0 Å². The SMILES string of the molecule is C#CCOc1c(Cl)cc(C2C3=C(CC(C)(C)CC3=O)N(CCOC)C3=C2C(=O)CC(C)(C)C3)cc1OC. The van der Waals surface area contributed by atoms with Gasteiger partial charge in [-0.3, -0.25) is 9.59 Å². The smallest absolute Gasteiger partial charge is 0.181 e. The number of hydrogen-bond acceptors (Lipinski definition) is 6. The summed E-state index contributed by atoms with van der Waals surface area (Å²) in [6.45, 7) is 9.59. The van der Waals surface area contributed by atoms with Crippen LogP contribution in [0.5, 0.6) is 11.5 Å². The summed E-state index contributed by atoms with van der Waals surface area (Å²) in [5.41, 5.74) is 3.67. The maximum absolute atomic E-state index is 13.8. The zero-order valence-electron chi connectivity index (χ0n) is 22.6. The van der Waals surface area contributed by atoms with E-state index in [0.29, 0.717) is 53.7 Å². The average molecular weight is 526 g/mol. The molecule has 0 saturated carbocycles. The molecule has 1 aromatic carbocycles. The van der Waals surface area contributed by atoms with Gasteiger partial charge >= 0.3 is 0 Å². The summed E-state index contributed by atoms with van der Waals surface area (Å²) in [5, 5.41) is 0.322. The number of terminal acetylenes is 1. The Morgan fingerprint density at radius 1 is 1.00 bits per heavy atom. The summed E-state index contributed by atoms with van der Waals surface area (Å²) < 4.78 is 16.7. The van der Waals surface area contributed by atoms with Crippen molar-refractivity contribution in [2.75, 3.05) is 34.0 Å². The van der Waals surface area contributed by atoms with Gasteiger partial charge in [-0.25, -0.2) is 0 Å². The first-order chi connectivity index (χ1) is 17.4. The first-order valence-corrected chi connectivity index (χ1v) is 13.0. The maximum atomic E-state index is 13.8. The maximum Gasteiger partial charge on any atom is 0.181 e. The van der Waals surface area contributed by atoms with Crippen LogP contribution >= 0.6 is 11.6 Å². The molecule has 1 heterocycles. The molecular formula is C30H36ClNO5. The summed E-state index contributed by atoms with van der Waals surface area (Å²) >= 11 is 6.68. The lowest BCUT2D eigenvalue weighted by molar-refractivity contribution is -0.119. The molecule has 1 aliphatic heterocycles. The summed E-state index contributed by atoms with van der Waals surface area (Å²) in [4.78, 5) is 29.9. The lowest BCUT2D eigenvalue weighted by atomic mass is 9.63. The molecule has 4 rings (SSSR count). The van der Waals surface area contributed by atoms with E-state index in [9.17, 15) is 9.59 Å². The Bertz CT molecular complexity index is 1180. The van der Waals surface area contributed by atoms with E-state index in [-0.39, 0.29) is 29.0 Å². The number of hydrogen-bond donors (Lipinski definition) is 0. The van der Waals surface area contributed by atoms with Crippen molar-refractivity contribution in [2.24, 2.45) is 10.8 Å². The highest BCUT2D eigenvalue weighted by atomic mass is 35.5. The molecular weight excluding hydrogens is 490 g/mol. The number of carbonyl (C=O) groups is 2. The zero-order chi connectivity index (χ0) is 27.1. The van der Waals surface area contributed by atoms with Gasteiger partial charge in [-0.2, -0.15) is 0 Å². The molecule has 1 aromatic rings. The fourth-order valence-electron chi connectivity index (χ4n) is 5.99. The largest absolute Gasteiger partial charge is 0.493 e. The van der Waals surface area contributed by atoms with Gasteiger partial charge in [0.05, 0.1) is 18.7 Å². The Morgan fingerprint density at radius 3 is 2.05 bits per heavy atom. The second-order valence-electron chi connectivity index (χ2n) is 11.7. The van der Waals surface area contributed by atoms with Crippen LogP contribution in [0.25, 0.3) is 0 Å². The van der Waals surface area contributed by atoms with Crippen LogP contribution in [-0.4, -0.2) is 50.4 Å². The Balaban J connectivity index is 1.98. The highest BCUT2D eigenvalue weighted by Crippen LogP contribution is 2.55. The Hall–Kier alpha value is -2.75. The third kappa shape index (κ3) is 5.17. The van der Waals surface area contributed by atoms with Crippen molar-refractivity contribution in [1.82, 2.24) is 4.90 Å². The van der Waals surface area contributed by atoms with Gasteiger partial charge in [0.25, 0.3) is 0 Å². The highest BCUT2D eigenvalue weighted by molar-refractivity contribution is 6.32. The molecule has 0 atom stereocenters. The molecule has 0 fully saturated rings. The lowest BCUT2D eigenvalue weighted by Gasteiger charge is -2.49. The second-order valence-corrected chi connectivity index (χ2v) is 12.1. The lowest BCUT2D eigenvalue weighted by Crippen LogP contribution is -2.45. The molecule has 2 aliphatic carbocycles. The monoisotopic (exact) mass is 525 g/mol. The first kappa shape index (κ1) is 27.3. The number of halogens is 1. The van der Waals surface area contributed by atoms with E-state index in [4.69, 9.17) is 32.2 Å². The number of carbonyl (C=O) groups excluding carboxylic acids is 2. The Kier molecular flexibility index (Phi) is 7.52. The quantitative estimate of drug-likeness (QED) is 0.426. The highest BCUT2D eigenvalue weighted by Gasteiger charge is 2.49. The number of ether oxygens (including phenoxy) is 3. The van der Waals surface area contributed by atoms with Crippen LogP contribution in [-0.2, 0) is 14.3 Å².